The second kappa shape index (κ2) is 12.3. The zero-order valence-corrected chi connectivity index (χ0v) is 23.0. The van der Waals surface area contributed by atoms with Gasteiger partial charge in [-0.1, -0.05) is 18.2 Å². The summed E-state index contributed by atoms with van der Waals surface area (Å²) >= 11 is 0. The predicted octanol–water partition coefficient (Wildman–Crippen LogP) is 5.12. The lowest BCUT2D eigenvalue weighted by molar-refractivity contribution is -0.149. The van der Waals surface area contributed by atoms with Gasteiger partial charge in [-0.05, 0) is 81.9 Å². The number of carbonyl (C=O) groups excluding carboxylic acids is 3. The van der Waals surface area contributed by atoms with Crippen molar-refractivity contribution in [3.05, 3.63) is 53.8 Å². The van der Waals surface area contributed by atoms with E-state index in [4.69, 9.17) is 14.2 Å². The number of methoxy groups -OCH3 is 1. The molecule has 2 amide bonds. The first kappa shape index (κ1) is 27.9. The van der Waals surface area contributed by atoms with Crippen LogP contribution in [-0.2, 0) is 14.3 Å². The summed E-state index contributed by atoms with van der Waals surface area (Å²) in [5.41, 5.74) is 0.878. The van der Waals surface area contributed by atoms with E-state index in [0.29, 0.717) is 32.3 Å². The third-order valence-corrected chi connectivity index (χ3v) is 8.64. The van der Waals surface area contributed by atoms with E-state index in [1.165, 1.54) is 13.2 Å². The SMILES string of the molecule is CCOC(=O)C1CCC(Oc2cc(C(=O)NC3C4CCC(C4)C3C(=O)Nc3ccccc3)c(OC)cc2F)CC1. The zero-order valence-electron chi connectivity index (χ0n) is 23.0. The van der Waals surface area contributed by atoms with Crippen LogP contribution in [0.3, 0.4) is 0 Å². The molecular formula is C31H37FN2O6. The van der Waals surface area contributed by atoms with Crippen molar-refractivity contribution >= 4 is 23.5 Å². The van der Waals surface area contributed by atoms with Gasteiger partial charge in [0.15, 0.2) is 11.6 Å². The van der Waals surface area contributed by atoms with Gasteiger partial charge in [0, 0.05) is 17.8 Å². The summed E-state index contributed by atoms with van der Waals surface area (Å²) in [7, 11) is 1.39. The molecule has 0 aliphatic heterocycles. The maximum atomic E-state index is 15.0. The highest BCUT2D eigenvalue weighted by Crippen LogP contribution is 2.49. The van der Waals surface area contributed by atoms with Crippen molar-refractivity contribution in [2.24, 2.45) is 23.7 Å². The van der Waals surface area contributed by atoms with E-state index in [-0.39, 0.29) is 64.8 Å². The van der Waals surface area contributed by atoms with Gasteiger partial charge in [-0.3, -0.25) is 14.4 Å². The number of rotatable bonds is 9. The van der Waals surface area contributed by atoms with Gasteiger partial charge in [-0.15, -0.1) is 0 Å². The van der Waals surface area contributed by atoms with Crippen molar-refractivity contribution in [2.75, 3.05) is 19.0 Å². The minimum atomic E-state index is -0.624. The molecule has 5 rings (SSSR count). The Morgan fingerprint density at radius 2 is 1.68 bits per heavy atom. The minimum absolute atomic E-state index is 0.0307. The first-order valence-electron chi connectivity index (χ1n) is 14.3. The van der Waals surface area contributed by atoms with E-state index in [2.05, 4.69) is 10.6 Å². The Kier molecular flexibility index (Phi) is 8.57. The van der Waals surface area contributed by atoms with Gasteiger partial charge >= 0.3 is 5.97 Å². The monoisotopic (exact) mass is 552 g/mol. The molecular weight excluding hydrogens is 515 g/mol. The molecule has 9 heteroatoms. The molecule has 0 saturated heterocycles. The Labute approximate surface area is 233 Å². The smallest absolute Gasteiger partial charge is 0.308 e. The molecule has 3 saturated carbocycles. The van der Waals surface area contributed by atoms with E-state index in [0.717, 1.165) is 31.0 Å². The van der Waals surface area contributed by atoms with Crippen LogP contribution in [0.5, 0.6) is 11.5 Å². The molecule has 4 unspecified atom stereocenters. The van der Waals surface area contributed by atoms with Gasteiger partial charge in [0.2, 0.25) is 5.91 Å². The molecule has 0 heterocycles. The van der Waals surface area contributed by atoms with Gasteiger partial charge in [-0.25, -0.2) is 4.39 Å². The number of hydrogen-bond donors (Lipinski definition) is 2. The van der Waals surface area contributed by atoms with Crippen LogP contribution in [0.2, 0.25) is 0 Å². The Bertz CT molecular complexity index is 1230. The van der Waals surface area contributed by atoms with Crippen LogP contribution in [-0.4, -0.2) is 43.6 Å². The van der Waals surface area contributed by atoms with Gasteiger partial charge in [0.25, 0.3) is 5.91 Å². The van der Waals surface area contributed by atoms with Crippen molar-refractivity contribution in [2.45, 2.75) is 64.0 Å². The second-order valence-corrected chi connectivity index (χ2v) is 11.0. The molecule has 0 spiro atoms. The lowest BCUT2D eigenvalue weighted by Gasteiger charge is -2.31. The number of fused-ring (bicyclic) bond motifs is 2. The van der Waals surface area contributed by atoms with Crippen molar-refractivity contribution < 1.29 is 33.0 Å². The number of nitrogens with one attached hydrogen (secondary N) is 2. The summed E-state index contributed by atoms with van der Waals surface area (Å²) in [6.45, 7) is 2.13. The van der Waals surface area contributed by atoms with Crippen LogP contribution in [0, 0.1) is 29.5 Å². The number of amides is 2. The Morgan fingerprint density at radius 1 is 0.950 bits per heavy atom. The number of para-hydroxylation sites is 1. The quantitative estimate of drug-likeness (QED) is 0.419. The van der Waals surface area contributed by atoms with E-state index in [1.54, 1.807) is 6.92 Å². The number of halogens is 1. The first-order chi connectivity index (χ1) is 19.4. The molecule has 4 atom stereocenters. The summed E-state index contributed by atoms with van der Waals surface area (Å²) in [5.74, 6) is -1.39. The number of carbonyl (C=O) groups is 3. The molecule has 2 bridgehead atoms. The summed E-state index contributed by atoms with van der Waals surface area (Å²) in [4.78, 5) is 38.9. The molecule has 3 aliphatic carbocycles. The van der Waals surface area contributed by atoms with E-state index in [9.17, 15) is 18.8 Å². The lowest BCUT2D eigenvalue weighted by Crippen LogP contribution is -2.48. The number of anilines is 1. The Hall–Kier alpha value is -3.62. The molecule has 0 radical (unpaired) electrons. The molecule has 3 aliphatic rings. The zero-order chi connectivity index (χ0) is 28.2. The van der Waals surface area contributed by atoms with Gasteiger partial charge in [0.05, 0.1) is 37.2 Å². The predicted molar refractivity (Wildman–Crippen MR) is 147 cm³/mol. The molecule has 2 aromatic rings. The number of benzene rings is 2. The van der Waals surface area contributed by atoms with E-state index in [1.807, 2.05) is 30.3 Å². The number of ether oxygens (including phenoxy) is 3. The highest BCUT2D eigenvalue weighted by atomic mass is 19.1. The van der Waals surface area contributed by atoms with Crippen LogP contribution < -0.4 is 20.1 Å². The Morgan fingerprint density at radius 3 is 2.38 bits per heavy atom. The summed E-state index contributed by atoms with van der Waals surface area (Å²) in [6.07, 6.45) is 4.90. The molecule has 2 aromatic carbocycles. The largest absolute Gasteiger partial charge is 0.496 e. The van der Waals surface area contributed by atoms with Gasteiger partial charge < -0.3 is 24.8 Å². The summed E-state index contributed by atoms with van der Waals surface area (Å²) < 4.78 is 31.4. The van der Waals surface area contributed by atoms with Crippen LogP contribution in [0.25, 0.3) is 0 Å². The van der Waals surface area contributed by atoms with Crippen LogP contribution in [0.1, 0.15) is 62.2 Å². The summed E-state index contributed by atoms with van der Waals surface area (Å²) in [5, 5.41) is 6.09. The molecule has 8 nitrogen and oxygen atoms in total. The van der Waals surface area contributed by atoms with Crippen molar-refractivity contribution in [3.8, 4) is 11.5 Å². The third-order valence-electron chi connectivity index (χ3n) is 8.64. The molecule has 40 heavy (non-hydrogen) atoms. The average molecular weight is 553 g/mol. The van der Waals surface area contributed by atoms with Crippen LogP contribution >= 0.6 is 0 Å². The van der Waals surface area contributed by atoms with E-state index >= 15 is 0 Å². The van der Waals surface area contributed by atoms with E-state index < -0.39 is 11.7 Å². The third kappa shape index (κ3) is 5.93. The van der Waals surface area contributed by atoms with Gasteiger partial charge in [-0.2, -0.15) is 0 Å². The molecule has 214 valence electrons. The lowest BCUT2D eigenvalue weighted by atomic mass is 9.83. The van der Waals surface area contributed by atoms with Crippen molar-refractivity contribution in [1.82, 2.24) is 5.32 Å². The molecule has 0 aromatic heterocycles. The number of esters is 1. The van der Waals surface area contributed by atoms with Gasteiger partial charge in [0.1, 0.15) is 5.75 Å². The standard InChI is InChI=1S/C31H37FN2O6/c1-3-39-31(37)18-11-13-22(14-12-18)40-26-16-23(25(38-2)17-24(26)32)29(35)34-28-20-10-9-19(15-20)27(28)30(36)33-21-7-5-4-6-8-21/h4-8,16-20,22,27-28H,3,9-15H2,1-2H3,(H,33,36)(H,34,35). The van der Waals surface area contributed by atoms with Crippen LogP contribution in [0.15, 0.2) is 42.5 Å². The maximum Gasteiger partial charge on any atom is 0.308 e. The fourth-order valence-corrected chi connectivity index (χ4v) is 6.68. The first-order valence-corrected chi connectivity index (χ1v) is 14.3. The van der Waals surface area contributed by atoms with Crippen molar-refractivity contribution in [3.63, 3.8) is 0 Å². The van der Waals surface area contributed by atoms with Crippen LogP contribution in [0.4, 0.5) is 10.1 Å². The highest BCUT2D eigenvalue weighted by molar-refractivity contribution is 5.99. The minimum Gasteiger partial charge on any atom is -0.496 e. The molecule has 3 fully saturated rings. The fourth-order valence-electron chi connectivity index (χ4n) is 6.68. The average Bonchev–Trinajstić information content (AvgIpc) is 3.57. The second-order valence-electron chi connectivity index (χ2n) is 11.0. The number of hydrogen-bond acceptors (Lipinski definition) is 6. The van der Waals surface area contributed by atoms with Crippen molar-refractivity contribution in [1.29, 1.82) is 0 Å². The fraction of sp³-hybridized carbons (Fsp3) is 0.516. The normalized spacial score (nSPS) is 27.1. The maximum absolute atomic E-state index is 15.0. The highest BCUT2D eigenvalue weighted by Gasteiger charge is 2.51. The summed E-state index contributed by atoms with van der Waals surface area (Å²) in [6, 6.07) is 11.5. The topological polar surface area (TPSA) is 103 Å². The Balaban J connectivity index is 1.28. The molecule has 2 N–H and O–H groups in total.